The molecule has 8 heteroatoms. The highest BCUT2D eigenvalue weighted by molar-refractivity contribution is 7.22. The second-order valence-electron chi connectivity index (χ2n) is 4.27. The van der Waals surface area contributed by atoms with E-state index in [0.29, 0.717) is 27.2 Å². The van der Waals surface area contributed by atoms with Crippen molar-refractivity contribution in [3.8, 4) is 11.5 Å². The van der Waals surface area contributed by atoms with Gasteiger partial charge >= 0.3 is 5.97 Å². The average molecular weight is 315 g/mol. The molecule has 1 aliphatic rings. The number of carbonyl (C=O) groups is 1. The first-order valence-electron chi connectivity index (χ1n) is 5.86. The van der Waals surface area contributed by atoms with E-state index >= 15 is 0 Å². The first-order valence-corrected chi connectivity index (χ1v) is 7.05. The highest BCUT2D eigenvalue weighted by Crippen LogP contribution is 2.45. The molecule has 0 bridgehead atoms. The van der Waals surface area contributed by atoms with Crippen molar-refractivity contribution in [2.75, 3.05) is 18.9 Å². The minimum Gasteiger partial charge on any atom is -0.484 e. The molecule has 0 spiro atoms. The summed E-state index contributed by atoms with van der Waals surface area (Å²) in [7, 11) is 0. The van der Waals surface area contributed by atoms with Crippen molar-refractivity contribution in [3.05, 3.63) is 11.1 Å². The molecular formula is C12H11ClN2O4S. The summed E-state index contributed by atoms with van der Waals surface area (Å²) in [5.74, 6) is 0.732. The summed E-state index contributed by atoms with van der Waals surface area (Å²) in [6, 6.07) is 1.64. The number of nitrogens with two attached hydrogens (primary N) is 1. The SMILES string of the molecule is CC(=O)OC[C@H]1COc2c(cc(Cl)c3nc(N)sc23)O1. The number of aromatic nitrogens is 1. The van der Waals surface area contributed by atoms with Crippen LogP contribution in [0.15, 0.2) is 6.07 Å². The molecule has 20 heavy (non-hydrogen) atoms. The van der Waals surface area contributed by atoms with Crippen LogP contribution in [0.5, 0.6) is 11.5 Å². The highest BCUT2D eigenvalue weighted by Gasteiger charge is 2.26. The Morgan fingerprint density at radius 2 is 2.50 bits per heavy atom. The Morgan fingerprint density at radius 1 is 1.70 bits per heavy atom. The molecule has 0 aliphatic carbocycles. The third kappa shape index (κ3) is 2.34. The second kappa shape index (κ2) is 4.99. The monoisotopic (exact) mass is 314 g/mol. The molecule has 1 atom stereocenters. The van der Waals surface area contributed by atoms with Crippen LogP contribution < -0.4 is 15.2 Å². The number of hydrogen-bond acceptors (Lipinski definition) is 7. The summed E-state index contributed by atoms with van der Waals surface area (Å²) in [6.45, 7) is 1.77. The number of hydrogen-bond donors (Lipinski definition) is 1. The van der Waals surface area contributed by atoms with E-state index in [4.69, 9.17) is 31.5 Å². The van der Waals surface area contributed by atoms with Crippen LogP contribution in [-0.2, 0) is 9.53 Å². The van der Waals surface area contributed by atoms with Crippen LogP contribution in [-0.4, -0.2) is 30.3 Å². The minimum absolute atomic E-state index is 0.134. The molecule has 2 heterocycles. The van der Waals surface area contributed by atoms with E-state index in [2.05, 4.69) is 4.98 Å². The molecule has 1 aromatic heterocycles. The number of halogens is 1. The fourth-order valence-electron chi connectivity index (χ4n) is 1.92. The molecule has 0 fully saturated rings. The van der Waals surface area contributed by atoms with E-state index in [9.17, 15) is 4.79 Å². The second-order valence-corrected chi connectivity index (χ2v) is 5.71. The number of fused-ring (bicyclic) bond motifs is 3. The molecule has 6 nitrogen and oxygen atoms in total. The third-order valence-corrected chi connectivity index (χ3v) is 3.91. The van der Waals surface area contributed by atoms with E-state index in [0.717, 1.165) is 4.70 Å². The van der Waals surface area contributed by atoms with E-state index in [1.807, 2.05) is 0 Å². The van der Waals surface area contributed by atoms with Gasteiger partial charge in [-0.05, 0) is 0 Å². The standard InChI is InChI=1S/C12H11ClN2O4S/c1-5(16)17-3-6-4-18-10-8(19-6)2-7(13)9-11(10)20-12(14)15-9/h2,6H,3-4H2,1H3,(H2,14,15)/t6-/m0/s1. The van der Waals surface area contributed by atoms with Crippen molar-refractivity contribution in [2.45, 2.75) is 13.0 Å². The Morgan fingerprint density at radius 3 is 3.25 bits per heavy atom. The summed E-state index contributed by atoms with van der Waals surface area (Å²) in [5.41, 5.74) is 6.30. The van der Waals surface area contributed by atoms with Crippen LogP contribution in [0.25, 0.3) is 10.2 Å². The first kappa shape index (κ1) is 13.3. The van der Waals surface area contributed by atoms with Crippen molar-refractivity contribution >= 4 is 44.3 Å². The number of nitrogens with zero attached hydrogens (tertiary/aromatic N) is 1. The lowest BCUT2D eigenvalue weighted by Gasteiger charge is -2.26. The maximum atomic E-state index is 10.8. The van der Waals surface area contributed by atoms with Crippen LogP contribution >= 0.6 is 22.9 Å². The number of carbonyl (C=O) groups excluding carboxylic acids is 1. The van der Waals surface area contributed by atoms with Crippen LogP contribution in [0.4, 0.5) is 5.13 Å². The Kier molecular flexibility index (Phi) is 3.31. The number of rotatable bonds is 2. The van der Waals surface area contributed by atoms with Gasteiger partial charge in [0.1, 0.15) is 23.4 Å². The number of esters is 1. The van der Waals surface area contributed by atoms with Crippen molar-refractivity contribution < 1.29 is 19.0 Å². The molecule has 3 rings (SSSR count). The molecule has 0 saturated heterocycles. The van der Waals surface area contributed by atoms with Gasteiger partial charge in [-0.15, -0.1) is 0 Å². The van der Waals surface area contributed by atoms with Crippen molar-refractivity contribution in [1.29, 1.82) is 0 Å². The highest BCUT2D eigenvalue weighted by atomic mass is 35.5. The number of ether oxygens (including phenoxy) is 3. The van der Waals surface area contributed by atoms with Crippen molar-refractivity contribution in [3.63, 3.8) is 0 Å². The van der Waals surface area contributed by atoms with E-state index in [-0.39, 0.29) is 25.3 Å². The fraction of sp³-hybridized carbons (Fsp3) is 0.333. The van der Waals surface area contributed by atoms with E-state index in [1.54, 1.807) is 6.07 Å². The van der Waals surface area contributed by atoms with Crippen molar-refractivity contribution in [1.82, 2.24) is 4.98 Å². The van der Waals surface area contributed by atoms with Gasteiger partial charge in [-0.25, -0.2) is 4.98 Å². The Hall–Kier alpha value is -1.73. The predicted molar refractivity (Wildman–Crippen MR) is 75.6 cm³/mol. The lowest BCUT2D eigenvalue weighted by Crippen LogP contribution is -2.34. The molecule has 106 valence electrons. The number of anilines is 1. The summed E-state index contributed by atoms with van der Waals surface area (Å²) < 4.78 is 17.1. The molecule has 2 N–H and O–H groups in total. The van der Waals surface area contributed by atoms with Crippen molar-refractivity contribution in [2.24, 2.45) is 0 Å². The van der Waals surface area contributed by atoms with Gasteiger partial charge in [0.2, 0.25) is 0 Å². The first-order chi connectivity index (χ1) is 9.54. The van der Waals surface area contributed by atoms with Crippen LogP contribution in [0.1, 0.15) is 6.92 Å². The molecule has 0 saturated carbocycles. The van der Waals surface area contributed by atoms with Gasteiger partial charge in [-0.2, -0.15) is 0 Å². The van der Waals surface area contributed by atoms with E-state index in [1.165, 1.54) is 18.3 Å². The zero-order valence-electron chi connectivity index (χ0n) is 10.5. The van der Waals surface area contributed by atoms with Gasteiger partial charge in [0.25, 0.3) is 0 Å². The number of benzene rings is 1. The lowest BCUT2D eigenvalue weighted by atomic mass is 10.2. The summed E-state index contributed by atoms with van der Waals surface area (Å²) in [5, 5.41) is 0.865. The maximum Gasteiger partial charge on any atom is 0.302 e. The number of thiazole rings is 1. The molecule has 0 amide bonds. The largest absolute Gasteiger partial charge is 0.484 e. The summed E-state index contributed by atoms with van der Waals surface area (Å²) in [4.78, 5) is 15.0. The normalized spacial score (nSPS) is 17.2. The Balaban J connectivity index is 1.92. The quantitative estimate of drug-likeness (QED) is 0.856. The fourth-order valence-corrected chi connectivity index (χ4v) is 3.06. The molecule has 1 aromatic carbocycles. The Bertz CT molecular complexity index is 688. The van der Waals surface area contributed by atoms with Gasteiger partial charge in [0.15, 0.2) is 22.7 Å². The minimum atomic E-state index is -0.358. The smallest absolute Gasteiger partial charge is 0.302 e. The zero-order chi connectivity index (χ0) is 14.3. The van der Waals surface area contributed by atoms with Crippen LogP contribution in [0, 0.1) is 0 Å². The average Bonchev–Trinajstić information content (AvgIpc) is 2.78. The Labute approximate surface area is 123 Å². The third-order valence-electron chi connectivity index (χ3n) is 2.74. The van der Waals surface area contributed by atoms with Crippen LogP contribution in [0.2, 0.25) is 5.02 Å². The summed E-state index contributed by atoms with van der Waals surface area (Å²) in [6.07, 6.45) is -0.356. The topological polar surface area (TPSA) is 83.7 Å². The number of nitrogen functional groups attached to an aromatic ring is 1. The van der Waals surface area contributed by atoms with Gasteiger partial charge < -0.3 is 19.9 Å². The van der Waals surface area contributed by atoms with Crippen LogP contribution in [0.3, 0.4) is 0 Å². The molecule has 2 aromatic rings. The molecule has 0 radical (unpaired) electrons. The molecule has 0 unspecified atom stereocenters. The predicted octanol–water partition coefficient (Wildman–Crippen LogP) is 2.23. The van der Waals surface area contributed by atoms with E-state index < -0.39 is 0 Å². The maximum absolute atomic E-state index is 10.8. The molecular weight excluding hydrogens is 304 g/mol. The molecule has 1 aliphatic heterocycles. The van der Waals surface area contributed by atoms with Gasteiger partial charge in [-0.3, -0.25) is 4.79 Å². The van der Waals surface area contributed by atoms with Gasteiger partial charge in [-0.1, -0.05) is 22.9 Å². The summed E-state index contributed by atoms with van der Waals surface area (Å²) >= 11 is 7.44. The van der Waals surface area contributed by atoms with Gasteiger partial charge in [0, 0.05) is 13.0 Å². The lowest BCUT2D eigenvalue weighted by molar-refractivity contribution is -0.144. The zero-order valence-corrected chi connectivity index (χ0v) is 12.1. The van der Waals surface area contributed by atoms with Gasteiger partial charge in [0.05, 0.1) is 5.02 Å².